The number of pyridine rings is 1. The first-order chi connectivity index (χ1) is 11.5. The second kappa shape index (κ2) is 4.57. The number of aromatic nitrogens is 1. The van der Waals surface area contributed by atoms with Crippen LogP contribution < -0.4 is 5.46 Å². The molecular weight excluding hydrogens is 317 g/mol. The van der Waals surface area contributed by atoms with Crippen molar-refractivity contribution in [1.82, 2.24) is 4.40 Å². The minimum absolute atomic E-state index is 0.00260. The molecule has 0 saturated heterocycles. The van der Waals surface area contributed by atoms with Crippen molar-refractivity contribution in [1.29, 1.82) is 0 Å². The van der Waals surface area contributed by atoms with Crippen LogP contribution in [-0.4, -0.2) is 21.6 Å². The van der Waals surface area contributed by atoms with Crippen LogP contribution in [0, 0.1) is 0 Å². The van der Waals surface area contributed by atoms with Gasteiger partial charge in [-0.3, -0.25) is 0 Å². The number of nitrogens with zero attached hydrogens (tertiary/aromatic N) is 1. The Morgan fingerprint density at radius 3 is 2.71 bits per heavy atom. The lowest BCUT2D eigenvalue weighted by Crippen LogP contribution is -2.28. The van der Waals surface area contributed by atoms with E-state index in [0.717, 1.165) is 16.3 Å². The maximum absolute atomic E-state index is 9.69. The summed E-state index contributed by atoms with van der Waals surface area (Å²) in [5.74, 6) is 0. The number of rotatable bonds is 1. The molecule has 0 unspecified atom stereocenters. The number of fused-ring (bicyclic) bond motifs is 5. The van der Waals surface area contributed by atoms with Gasteiger partial charge in [0.15, 0.2) is 0 Å². The van der Waals surface area contributed by atoms with Crippen LogP contribution in [0.15, 0.2) is 41.8 Å². The van der Waals surface area contributed by atoms with Crippen molar-refractivity contribution < 1.29 is 10.0 Å². The second-order valence-corrected chi connectivity index (χ2v) is 8.40. The molecule has 2 N–H and O–H groups in total. The van der Waals surface area contributed by atoms with Crippen LogP contribution in [0.4, 0.5) is 0 Å². The minimum atomic E-state index is -1.46. The van der Waals surface area contributed by atoms with E-state index in [1.807, 2.05) is 23.9 Å². The SMILES string of the molecule is CC1(C)SC=Cc2c1c1cccc3cc4c(B(O)O)ccc4n2c31. The van der Waals surface area contributed by atoms with E-state index in [9.17, 15) is 10.0 Å². The summed E-state index contributed by atoms with van der Waals surface area (Å²) in [5.41, 5.74) is 5.33. The third-order valence-corrected chi connectivity index (χ3v) is 6.14. The predicted molar refractivity (Wildman–Crippen MR) is 103 cm³/mol. The smallest absolute Gasteiger partial charge is 0.423 e. The maximum Gasteiger partial charge on any atom is 0.489 e. The summed E-state index contributed by atoms with van der Waals surface area (Å²) in [6.45, 7) is 4.51. The third-order valence-electron chi connectivity index (χ3n) is 5.07. The number of hydrogen-bond acceptors (Lipinski definition) is 3. The highest BCUT2D eigenvalue weighted by atomic mass is 32.2. The summed E-state index contributed by atoms with van der Waals surface area (Å²) in [6.07, 6.45) is 2.17. The minimum Gasteiger partial charge on any atom is -0.423 e. The summed E-state index contributed by atoms with van der Waals surface area (Å²) in [5, 5.41) is 24.8. The molecular formula is C19H16BNO2S. The fourth-order valence-corrected chi connectivity index (χ4v) is 4.97. The summed E-state index contributed by atoms with van der Waals surface area (Å²) < 4.78 is 2.28. The Labute approximate surface area is 144 Å². The van der Waals surface area contributed by atoms with E-state index in [4.69, 9.17) is 0 Å². The Morgan fingerprint density at radius 1 is 1.08 bits per heavy atom. The van der Waals surface area contributed by atoms with Crippen LogP contribution >= 0.6 is 11.8 Å². The van der Waals surface area contributed by atoms with Gasteiger partial charge in [0.25, 0.3) is 0 Å². The molecule has 2 aromatic heterocycles. The van der Waals surface area contributed by atoms with E-state index >= 15 is 0 Å². The lowest BCUT2D eigenvalue weighted by atomic mass is 9.80. The average molecular weight is 333 g/mol. The molecule has 0 aliphatic carbocycles. The number of benzene rings is 1. The highest BCUT2D eigenvalue weighted by molar-refractivity contribution is 8.03. The van der Waals surface area contributed by atoms with Gasteiger partial charge in [0, 0.05) is 15.7 Å². The first-order valence-corrected chi connectivity index (χ1v) is 8.90. The molecule has 5 heteroatoms. The van der Waals surface area contributed by atoms with Gasteiger partial charge in [-0.05, 0) is 53.7 Å². The third kappa shape index (κ3) is 1.67. The van der Waals surface area contributed by atoms with Gasteiger partial charge in [0.2, 0.25) is 0 Å². The van der Waals surface area contributed by atoms with Crippen LogP contribution in [0.5, 0.6) is 0 Å². The zero-order valence-electron chi connectivity index (χ0n) is 13.4. The average Bonchev–Trinajstić information content (AvgIpc) is 3.08. The van der Waals surface area contributed by atoms with Gasteiger partial charge in [-0.1, -0.05) is 24.3 Å². The van der Waals surface area contributed by atoms with Crippen LogP contribution in [0.1, 0.15) is 25.1 Å². The Balaban J connectivity index is 2.08. The standard InChI is InChI=1S/C19H16BNO2S/c1-19(2)17-12-5-3-4-11-10-13-14(20(22)23)6-7-15(13)21(18(11)12)16(17)8-9-24-19/h3-10,22-23H,1-2H3. The Hall–Kier alpha value is -1.95. The van der Waals surface area contributed by atoms with Gasteiger partial charge in [-0.15, -0.1) is 11.8 Å². The van der Waals surface area contributed by atoms with Crippen LogP contribution in [-0.2, 0) is 4.75 Å². The van der Waals surface area contributed by atoms with Crippen molar-refractivity contribution >= 4 is 57.6 Å². The summed E-state index contributed by atoms with van der Waals surface area (Å²) in [4.78, 5) is 0. The molecule has 1 aliphatic heterocycles. The topological polar surface area (TPSA) is 44.9 Å². The maximum atomic E-state index is 9.69. The largest absolute Gasteiger partial charge is 0.489 e. The fraction of sp³-hybridized carbons (Fsp3) is 0.158. The lowest BCUT2D eigenvalue weighted by molar-refractivity contribution is 0.426. The van der Waals surface area contributed by atoms with E-state index in [0.29, 0.717) is 5.46 Å². The van der Waals surface area contributed by atoms with Crippen molar-refractivity contribution in [2.45, 2.75) is 18.6 Å². The molecule has 1 aliphatic rings. The molecule has 0 radical (unpaired) electrons. The van der Waals surface area contributed by atoms with E-state index < -0.39 is 7.12 Å². The molecule has 24 heavy (non-hydrogen) atoms. The molecule has 3 heterocycles. The van der Waals surface area contributed by atoms with Crippen LogP contribution in [0.3, 0.4) is 0 Å². The highest BCUT2D eigenvalue weighted by Gasteiger charge is 2.32. The van der Waals surface area contributed by atoms with Crippen molar-refractivity contribution in [3.8, 4) is 0 Å². The Bertz CT molecular complexity index is 1140. The van der Waals surface area contributed by atoms with Gasteiger partial charge >= 0.3 is 7.12 Å². The van der Waals surface area contributed by atoms with Crippen LogP contribution in [0.25, 0.3) is 33.3 Å². The molecule has 0 amide bonds. The normalized spacial score (nSPS) is 16.3. The van der Waals surface area contributed by atoms with Crippen molar-refractivity contribution in [3.05, 3.63) is 53.1 Å². The quantitative estimate of drug-likeness (QED) is 0.525. The van der Waals surface area contributed by atoms with Crippen LogP contribution in [0.2, 0.25) is 0 Å². The molecule has 3 nitrogen and oxygen atoms in total. The summed E-state index contributed by atoms with van der Waals surface area (Å²) in [7, 11) is -1.46. The zero-order chi connectivity index (χ0) is 16.6. The molecule has 0 bridgehead atoms. The summed E-state index contributed by atoms with van der Waals surface area (Å²) in [6, 6.07) is 12.2. The molecule has 0 atom stereocenters. The summed E-state index contributed by atoms with van der Waals surface area (Å²) >= 11 is 1.84. The first kappa shape index (κ1) is 14.4. The van der Waals surface area contributed by atoms with Crippen molar-refractivity contribution in [3.63, 3.8) is 0 Å². The first-order valence-electron chi connectivity index (χ1n) is 8.02. The van der Waals surface area contributed by atoms with Gasteiger partial charge in [-0.25, -0.2) is 0 Å². The van der Waals surface area contributed by atoms with Crippen molar-refractivity contribution in [2.75, 3.05) is 0 Å². The molecule has 0 fully saturated rings. The molecule has 118 valence electrons. The molecule has 0 saturated carbocycles. The fourth-order valence-electron chi connectivity index (χ4n) is 4.10. The zero-order valence-corrected chi connectivity index (χ0v) is 14.3. The van der Waals surface area contributed by atoms with E-state index in [1.54, 1.807) is 0 Å². The van der Waals surface area contributed by atoms with Gasteiger partial charge in [0.1, 0.15) is 0 Å². The Morgan fingerprint density at radius 2 is 1.92 bits per heavy atom. The number of thioether (sulfide) groups is 1. The van der Waals surface area contributed by atoms with Gasteiger partial charge < -0.3 is 14.4 Å². The van der Waals surface area contributed by atoms with E-state index in [2.05, 4.69) is 54.0 Å². The lowest BCUT2D eigenvalue weighted by Gasteiger charge is -2.26. The molecule has 2 aromatic carbocycles. The van der Waals surface area contributed by atoms with Gasteiger partial charge in [0.05, 0.1) is 16.7 Å². The molecule has 4 aromatic rings. The number of para-hydroxylation sites is 1. The Kier molecular flexibility index (Phi) is 2.74. The highest BCUT2D eigenvalue weighted by Crippen LogP contribution is 2.48. The number of hydrogen-bond donors (Lipinski definition) is 2. The van der Waals surface area contributed by atoms with Crippen molar-refractivity contribution in [2.24, 2.45) is 0 Å². The second-order valence-electron chi connectivity index (χ2n) is 6.88. The monoisotopic (exact) mass is 333 g/mol. The molecule has 0 spiro atoms. The van der Waals surface area contributed by atoms with E-state index in [-0.39, 0.29) is 4.75 Å². The van der Waals surface area contributed by atoms with E-state index in [1.165, 1.54) is 22.2 Å². The predicted octanol–water partition coefficient (Wildman–Crippen LogP) is 3.32. The van der Waals surface area contributed by atoms with Gasteiger partial charge in [-0.2, -0.15) is 0 Å². The molecule has 5 rings (SSSR count).